The molecule has 1 aromatic heterocycles. The van der Waals surface area contributed by atoms with Crippen LogP contribution in [0.4, 0.5) is 0 Å². The zero-order valence-corrected chi connectivity index (χ0v) is 23.9. The molecule has 4 aromatic rings. The molecule has 206 valence electrons. The van der Waals surface area contributed by atoms with Gasteiger partial charge in [-0.25, -0.2) is 9.79 Å². The summed E-state index contributed by atoms with van der Waals surface area (Å²) >= 11 is 7.41. The van der Waals surface area contributed by atoms with Crippen LogP contribution in [0.1, 0.15) is 29.7 Å². The van der Waals surface area contributed by atoms with E-state index in [1.165, 1.54) is 23.0 Å². The number of fused-ring (bicyclic) bond motifs is 1. The van der Waals surface area contributed by atoms with Gasteiger partial charge >= 0.3 is 5.97 Å². The number of para-hydroxylation sites is 1. The molecule has 41 heavy (non-hydrogen) atoms. The van der Waals surface area contributed by atoms with Crippen molar-refractivity contribution in [3.63, 3.8) is 0 Å². The van der Waals surface area contributed by atoms with Gasteiger partial charge in [0.2, 0.25) is 0 Å². The lowest BCUT2D eigenvalue weighted by molar-refractivity contribution is -0.138. The van der Waals surface area contributed by atoms with E-state index in [9.17, 15) is 9.59 Å². The second kappa shape index (κ2) is 12.3. The first kappa shape index (κ1) is 28.0. The number of rotatable bonds is 8. The molecule has 3 aromatic carbocycles. The Bertz CT molecular complexity index is 1850. The van der Waals surface area contributed by atoms with Crippen molar-refractivity contribution in [1.29, 1.82) is 0 Å². The lowest BCUT2D eigenvalue weighted by Crippen LogP contribution is -2.40. The van der Waals surface area contributed by atoms with Crippen LogP contribution in [0.3, 0.4) is 0 Å². The average molecular weight is 585 g/mol. The van der Waals surface area contributed by atoms with E-state index in [0.29, 0.717) is 42.7 Å². The van der Waals surface area contributed by atoms with Crippen LogP contribution in [0.25, 0.3) is 11.8 Å². The number of halogens is 1. The number of carbonyl (C=O) groups is 1. The maximum absolute atomic E-state index is 14.1. The monoisotopic (exact) mass is 584 g/mol. The van der Waals surface area contributed by atoms with Crippen LogP contribution in [0.15, 0.2) is 88.2 Å². The van der Waals surface area contributed by atoms with Gasteiger partial charge in [0.15, 0.2) is 16.3 Å². The van der Waals surface area contributed by atoms with Crippen molar-refractivity contribution in [2.75, 3.05) is 20.3 Å². The van der Waals surface area contributed by atoms with E-state index < -0.39 is 12.0 Å². The Hall–Kier alpha value is -4.58. The number of methoxy groups -OCH3 is 1. The van der Waals surface area contributed by atoms with Crippen LogP contribution in [0.5, 0.6) is 11.5 Å². The van der Waals surface area contributed by atoms with E-state index in [4.69, 9.17) is 37.2 Å². The quantitative estimate of drug-likeness (QED) is 0.223. The van der Waals surface area contributed by atoms with E-state index in [1.54, 1.807) is 49.4 Å². The number of hydrogen-bond donors (Lipinski definition) is 0. The molecule has 7 nitrogen and oxygen atoms in total. The van der Waals surface area contributed by atoms with Crippen LogP contribution in [-0.4, -0.2) is 30.9 Å². The Morgan fingerprint density at radius 2 is 1.88 bits per heavy atom. The second-order valence-electron chi connectivity index (χ2n) is 8.85. The second-order valence-corrected chi connectivity index (χ2v) is 10.3. The standard InChI is InChI=1S/C32H25ClN2O5S/c1-4-18-40-29-22(12-9-13-24(29)38-3)19-25-30(36)35-28(21-14-16-23(33)17-15-21)26(31(37)39-5-2)27(34-32(35)41-25)20-10-7-6-8-11-20/h1,6-17,19,28H,5,18H2,2-3H3/b25-19-/t28-/m1/s1. The smallest absolute Gasteiger partial charge is 0.338 e. The highest BCUT2D eigenvalue weighted by Crippen LogP contribution is 2.36. The maximum Gasteiger partial charge on any atom is 0.338 e. The van der Waals surface area contributed by atoms with Crippen LogP contribution in [0.2, 0.25) is 5.02 Å². The molecule has 0 bridgehead atoms. The fourth-order valence-corrected chi connectivity index (χ4v) is 5.74. The Kier molecular flexibility index (Phi) is 8.39. The Balaban J connectivity index is 1.81. The van der Waals surface area contributed by atoms with Crippen molar-refractivity contribution >= 4 is 40.7 Å². The van der Waals surface area contributed by atoms with Crippen molar-refractivity contribution in [2.24, 2.45) is 4.99 Å². The average Bonchev–Trinajstić information content (AvgIpc) is 3.30. The van der Waals surface area contributed by atoms with Gasteiger partial charge in [-0.1, -0.05) is 83.5 Å². The summed E-state index contributed by atoms with van der Waals surface area (Å²) in [7, 11) is 1.53. The number of carbonyl (C=O) groups excluding carboxylic acids is 1. The molecule has 0 aliphatic carbocycles. The first-order valence-corrected chi connectivity index (χ1v) is 13.9. The van der Waals surface area contributed by atoms with Gasteiger partial charge in [0, 0.05) is 16.1 Å². The van der Waals surface area contributed by atoms with Gasteiger partial charge in [-0.15, -0.1) is 6.42 Å². The molecule has 5 rings (SSSR count). The summed E-state index contributed by atoms with van der Waals surface area (Å²) in [6.07, 6.45) is 7.14. The third kappa shape index (κ3) is 5.55. The summed E-state index contributed by atoms with van der Waals surface area (Å²) < 4.78 is 18.6. The van der Waals surface area contributed by atoms with Crippen LogP contribution in [0, 0.1) is 12.3 Å². The maximum atomic E-state index is 14.1. The van der Waals surface area contributed by atoms with E-state index in [-0.39, 0.29) is 24.3 Å². The molecule has 0 N–H and O–H groups in total. The molecule has 0 radical (unpaired) electrons. The van der Waals surface area contributed by atoms with Crippen LogP contribution >= 0.6 is 22.9 Å². The molecule has 0 fully saturated rings. The number of esters is 1. The number of aromatic nitrogens is 1. The lowest BCUT2D eigenvalue weighted by atomic mass is 9.93. The van der Waals surface area contributed by atoms with Crippen LogP contribution in [-0.2, 0) is 9.53 Å². The summed E-state index contributed by atoms with van der Waals surface area (Å²) in [5, 5.41) is 0.531. The van der Waals surface area contributed by atoms with E-state index >= 15 is 0 Å². The largest absolute Gasteiger partial charge is 0.493 e. The first-order chi connectivity index (χ1) is 20.0. The van der Waals surface area contributed by atoms with Gasteiger partial charge in [0.1, 0.15) is 6.61 Å². The highest BCUT2D eigenvalue weighted by molar-refractivity contribution is 7.07. The number of hydrogen-bond acceptors (Lipinski definition) is 7. The van der Waals surface area contributed by atoms with Gasteiger partial charge in [0.25, 0.3) is 5.56 Å². The predicted molar refractivity (Wildman–Crippen MR) is 160 cm³/mol. The Morgan fingerprint density at radius 3 is 2.56 bits per heavy atom. The first-order valence-electron chi connectivity index (χ1n) is 12.7. The summed E-state index contributed by atoms with van der Waals surface area (Å²) in [6, 6.07) is 21.0. The highest BCUT2D eigenvalue weighted by atomic mass is 35.5. The molecule has 0 saturated heterocycles. The van der Waals surface area contributed by atoms with Gasteiger partial charge in [-0.2, -0.15) is 0 Å². The number of thiazole rings is 1. The molecule has 1 aliphatic heterocycles. The fraction of sp³-hybridized carbons (Fsp3) is 0.156. The third-order valence-electron chi connectivity index (χ3n) is 6.38. The Labute approximate surface area is 245 Å². The number of ether oxygens (including phenoxy) is 3. The summed E-state index contributed by atoms with van der Waals surface area (Å²) in [5.41, 5.74) is 2.40. The highest BCUT2D eigenvalue weighted by Gasteiger charge is 2.35. The van der Waals surface area contributed by atoms with Crippen molar-refractivity contribution in [2.45, 2.75) is 13.0 Å². The number of terminal acetylenes is 1. The van der Waals surface area contributed by atoms with Gasteiger partial charge in [-0.3, -0.25) is 9.36 Å². The fourth-order valence-electron chi connectivity index (χ4n) is 4.62. The summed E-state index contributed by atoms with van der Waals surface area (Å²) in [4.78, 5) is 32.9. The minimum atomic E-state index is -0.803. The SMILES string of the molecule is C#CCOc1c(/C=c2\sc3n(c2=O)[C@H](c2ccc(Cl)cc2)C(C(=O)OCC)=C(c2ccccc2)N=3)cccc1OC. The minimum Gasteiger partial charge on any atom is -0.493 e. The molecule has 9 heteroatoms. The minimum absolute atomic E-state index is 0.0301. The van der Waals surface area contributed by atoms with Crippen molar-refractivity contribution in [1.82, 2.24) is 4.57 Å². The van der Waals surface area contributed by atoms with E-state index in [0.717, 1.165) is 5.56 Å². The molecule has 2 heterocycles. The molecule has 0 saturated carbocycles. The van der Waals surface area contributed by atoms with Crippen molar-refractivity contribution in [3.8, 4) is 23.8 Å². The summed E-state index contributed by atoms with van der Waals surface area (Å²) in [5.74, 6) is 2.81. The Morgan fingerprint density at radius 1 is 1.12 bits per heavy atom. The number of nitrogens with zero attached hydrogens (tertiary/aromatic N) is 2. The van der Waals surface area contributed by atoms with E-state index in [2.05, 4.69) is 5.92 Å². The molecular formula is C32H25ClN2O5S. The molecule has 0 unspecified atom stereocenters. The van der Waals surface area contributed by atoms with Gasteiger partial charge < -0.3 is 14.2 Å². The topological polar surface area (TPSA) is 79.1 Å². The van der Waals surface area contributed by atoms with Crippen LogP contribution < -0.4 is 24.4 Å². The normalized spacial score (nSPS) is 14.6. The molecule has 1 atom stereocenters. The van der Waals surface area contributed by atoms with E-state index in [1.807, 2.05) is 36.4 Å². The van der Waals surface area contributed by atoms with Crippen molar-refractivity contribution in [3.05, 3.63) is 120 Å². The number of benzene rings is 3. The molecule has 1 aliphatic rings. The zero-order valence-electron chi connectivity index (χ0n) is 22.3. The predicted octanol–water partition coefficient (Wildman–Crippen LogP) is 4.61. The molecule has 0 spiro atoms. The summed E-state index contributed by atoms with van der Waals surface area (Å²) in [6.45, 7) is 1.93. The van der Waals surface area contributed by atoms with Gasteiger partial charge in [-0.05, 0) is 36.8 Å². The van der Waals surface area contributed by atoms with Crippen molar-refractivity contribution < 1.29 is 19.0 Å². The third-order valence-corrected chi connectivity index (χ3v) is 7.61. The molecule has 0 amide bonds. The lowest BCUT2D eigenvalue weighted by Gasteiger charge is -2.25. The van der Waals surface area contributed by atoms with Gasteiger partial charge in [0.05, 0.1) is 35.6 Å². The zero-order chi connectivity index (χ0) is 28.9. The molecular weight excluding hydrogens is 560 g/mol.